The molecule has 0 bridgehead atoms. The van der Waals surface area contributed by atoms with Gasteiger partial charge < -0.3 is 4.90 Å². The van der Waals surface area contributed by atoms with E-state index in [0.29, 0.717) is 5.56 Å². The zero-order chi connectivity index (χ0) is 13.1. The first-order valence-corrected chi connectivity index (χ1v) is 6.72. The second kappa shape index (κ2) is 5.16. The van der Waals surface area contributed by atoms with Crippen LogP contribution in [0.1, 0.15) is 18.4 Å². The molecule has 94 valence electrons. The molecule has 1 fully saturated rings. The highest BCUT2D eigenvalue weighted by Crippen LogP contribution is 2.25. The quantitative estimate of drug-likeness (QED) is 0.807. The van der Waals surface area contributed by atoms with Crippen LogP contribution in [0.3, 0.4) is 0 Å². The van der Waals surface area contributed by atoms with Gasteiger partial charge in [0.25, 0.3) is 0 Å². The Balaban J connectivity index is 1.87. The van der Waals surface area contributed by atoms with Crippen molar-refractivity contribution in [2.75, 3.05) is 18.0 Å². The lowest BCUT2D eigenvalue weighted by atomic mass is 10.0. The van der Waals surface area contributed by atoms with Crippen molar-refractivity contribution in [3.05, 3.63) is 54.1 Å². The lowest BCUT2D eigenvalue weighted by molar-refractivity contribution is 0.949. The molecule has 1 heterocycles. The maximum Gasteiger partial charge on any atom is 0.0991 e. The summed E-state index contributed by atoms with van der Waals surface area (Å²) in [6, 6.07) is 18.6. The lowest BCUT2D eigenvalue weighted by Crippen LogP contribution is -2.17. The standard InChI is InChI=1S/C17H16N2/c18-13-14-4-3-5-16(12-14)15-6-8-17(9-7-15)19-10-1-2-11-19/h3-9,12H,1-2,10-11H2. The molecule has 3 rings (SSSR count). The minimum absolute atomic E-state index is 0.709. The van der Waals surface area contributed by atoms with Crippen molar-refractivity contribution in [2.24, 2.45) is 0 Å². The molecule has 0 saturated carbocycles. The maximum absolute atomic E-state index is 8.94. The molecule has 0 atom stereocenters. The molecule has 2 aromatic carbocycles. The number of nitriles is 1. The summed E-state index contributed by atoms with van der Waals surface area (Å²) in [5.74, 6) is 0. The summed E-state index contributed by atoms with van der Waals surface area (Å²) < 4.78 is 0. The van der Waals surface area contributed by atoms with Crippen LogP contribution >= 0.6 is 0 Å². The van der Waals surface area contributed by atoms with Crippen molar-refractivity contribution < 1.29 is 0 Å². The molecule has 19 heavy (non-hydrogen) atoms. The first-order valence-electron chi connectivity index (χ1n) is 6.72. The van der Waals surface area contributed by atoms with Gasteiger partial charge in [-0.25, -0.2) is 0 Å². The van der Waals surface area contributed by atoms with E-state index in [9.17, 15) is 0 Å². The van der Waals surface area contributed by atoms with Crippen LogP contribution in [0.2, 0.25) is 0 Å². The van der Waals surface area contributed by atoms with Crippen molar-refractivity contribution in [3.8, 4) is 17.2 Å². The largest absolute Gasteiger partial charge is 0.372 e. The average molecular weight is 248 g/mol. The van der Waals surface area contributed by atoms with E-state index < -0.39 is 0 Å². The van der Waals surface area contributed by atoms with E-state index in [4.69, 9.17) is 5.26 Å². The topological polar surface area (TPSA) is 27.0 Å². The Kier molecular flexibility index (Phi) is 3.20. The minimum Gasteiger partial charge on any atom is -0.372 e. The Labute approximate surface area is 113 Å². The molecule has 2 heteroatoms. The first kappa shape index (κ1) is 11.8. The van der Waals surface area contributed by atoms with Crippen LogP contribution in [0.15, 0.2) is 48.5 Å². The van der Waals surface area contributed by atoms with Gasteiger partial charge in [-0.15, -0.1) is 0 Å². The Morgan fingerprint density at radius 2 is 1.63 bits per heavy atom. The summed E-state index contributed by atoms with van der Waals surface area (Å²) in [4.78, 5) is 2.43. The summed E-state index contributed by atoms with van der Waals surface area (Å²) in [7, 11) is 0. The van der Waals surface area contributed by atoms with Gasteiger partial charge in [-0.1, -0.05) is 24.3 Å². The molecule has 0 N–H and O–H groups in total. The van der Waals surface area contributed by atoms with Crippen LogP contribution < -0.4 is 4.90 Å². The molecule has 0 unspecified atom stereocenters. The average Bonchev–Trinajstić information content (AvgIpc) is 3.02. The van der Waals surface area contributed by atoms with Gasteiger partial charge in [0, 0.05) is 18.8 Å². The zero-order valence-corrected chi connectivity index (χ0v) is 10.8. The lowest BCUT2D eigenvalue weighted by Gasteiger charge is -2.17. The van der Waals surface area contributed by atoms with E-state index in [0.717, 1.165) is 5.56 Å². The molecule has 1 aliphatic heterocycles. The van der Waals surface area contributed by atoms with Gasteiger partial charge in [-0.3, -0.25) is 0 Å². The summed E-state index contributed by atoms with van der Waals surface area (Å²) in [5.41, 5.74) is 4.28. The second-order valence-corrected chi connectivity index (χ2v) is 4.93. The van der Waals surface area contributed by atoms with Crippen LogP contribution in [0.4, 0.5) is 5.69 Å². The predicted octanol–water partition coefficient (Wildman–Crippen LogP) is 3.83. The fourth-order valence-corrected chi connectivity index (χ4v) is 2.61. The number of nitrogens with zero attached hydrogens (tertiary/aromatic N) is 2. The summed E-state index contributed by atoms with van der Waals surface area (Å²) >= 11 is 0. The number of anilines is 1. The number of benzene rings is 2. The molecule has 0 amide bonds. The monoisotopic (exact) mass is 248 g/mol. The predicted molar refractivity (Wildman–Crippen MR) is 78.0 cm³/mol. The van der Waals surface area contributed by atoms with Crippen molar-refractivity contribution >= 4 is 5.69 Å². The zero-order valence-electron chi connectivity index (χ0n) is 10.8. The summed E-state index contributed by atoms with van der Waals surface area (Å²) in [6.07, 6.45) is 2.60. The Hall–Kier alpha value is -2.27. The third-order valence-electron chi connectivity index (χ3n) is 3.66. The fraction of sp³-hybridized carbons (Fsp3) is 0.235. The highest BCUT2D eigenvalue weighted by Gasteiger charge is 2.11. The molecule has 0 aromatic heterocycles. The van der Waals surface area contributed by atoms with Gasteiger partial charge in [-0.05, 0) is 48.2 Å². The smallest absolute Gasteiger partial charge is 0.0991 e. The Morgan fingerprint density at radius 3 is 2.32 bits per heavy atom. The fourth-order valence-electron chi connectivity index (χ4n) is 2.61. The highest BCUT2D eigenvalue weighted by molar-refractivity contribution is 5.67. The van der Waals surface area contributed by atoms with Crippen LogP contribution in [0.25, 0.3) is 11.1 Å². The third-order valence-corrected chi connectivity index (χ3v) is 3.66. The number of hydrogen-bond donors (Lipinski definition) is 0. The van der Waals surface area contributed by atoms with Crippen molar-refractivity contribution in [3.63, 3.8) is 0 Å². The summed E-state index contributed by atoms with van der Waals surface area (Å²) in [5, 5.41) is 8.94. The van der Waals surface area contributed by atoms with Crippen LogP contribution in [0.5, 0.6) is 0 Å². The van der Waals surface area contributed by atoms with Gasteiger partial charge in [0.15, 0.2) is 0 Å². The van der Waals surface area contributed by atoms with Crippen LogP contribution in [0, 0.1) is 11.3 Å². The van der Waals surface area contributed by atoms with E-state index in [2.05, 4.69) is 35.2 Å². The Morgan fingerprint density at radius 1 is 0.895 bits per heavy atom. The van der Waals surface area contributed by atoms with Crippen molar-refractivity contribution in [1.29, 1.82) is 5.26 Å². The molecule has 0 spiro atoms. The van der Waals surface area contributed by atoms with E-state index >= 15 is 0 Å². The SMILES string of the molecule is N#Cc1cccc(-c2ccc(N3CCCC3)cc2)c1. The highest BCUT2D eigenvalue weighted by atomic mass is 15.1. The van der Waals surface area contributed by atoms with Gasteiger partial charge in [0.1, 0.15) is 0 Å². The molecule has 1 saturated heterocycles. The molecular formula is C17H16N2. The normalized spacial score (nSPS) is 14.4. The molecule has 2 aromatic rings. The number of rotatable bonds is 2. The maximum atomic E-state index is 8.94. The minimum atomic E-state index is 0.709. The van der Waals surface area contributed by atoms with E-state index in [1.165, 1.54) is 37.2 Å². The first-order chi connectivity index (χ1) is 9.36. The van der Waals surface area contributed by atoms with Gasteiger partial charge in [0.2, 0.25) is 0 Å². The molecule has 0 aliphatic carbocycles. The Bertz CT molecular complexity index is 602. The number of hydrogen-bond acceptors (Lipinski definition) is 2. The van der Waals surface area contributed by atoms with E-state index in [-0.39, 0.29) is 0 Å². The van der Waals surface area contributed by atoms with E-state index in [1.54, 1.807) is 0 Å². The molecule has 1 aliphatic rings. The second-order valence-electron chi connectivity index (χ2n) is 4.93. The van der Waals surface area contributed by atoms with Gasteiger partial charge in [-0.2, -0.15) is 5.26 Å². The van der Waals surface area contributed by atoms with E-state index in [1.807, 2.05) is 24.3 Å². The summed E-state index contributed by atoms with van der Waals surface area (Å²) in [6.45, 7) is 2.34. The molecular weight excluding hydrogens is 232 g/mol. The van der Waals surface area contributed by atoms with Crippen LogP contribution in [-0.4, -0.2) is 13.1 Å². The van der Waals surface area contributed by atoms with Gasteiger partial charge >= 0.3 is 0 Å². The molecule has 0 radical (unpaired) electrons. The van der Waals surface area contributed by atoms with Crippen molar-refractivity contribution in [1.82, 2.24) is 0 Å². The van der Waals surface area contributed by atoms with Crippen molar-refractivity contribution in [2.45, 2.75) is 12.8 Å². The molecule has 2 nitrogen and oxygen atoms in total. The van der Waals surface area contributed by atoms with Gasteiger partial charge in [0.05, 0.1) is 11.6 Å². The third kappa shape index (κ3) is 2.46. The van der Waals surface area contributed by atoms with Crippen LogP contribution in [-0.2, 0) is 0 Å².